The van der Waals surface area contributed by atoms with Gasteiger partial charge in [0.2, 0.25) is 11.9 Å². The molecule has 0 saturated heterocycles. The number of aromatic nitrogens is 4. The van der Waals surface area contributed by atoms with Crippen molar-refractivity contribution >= 4 is 29.0 Å². The fourth-order valence-corrected chi connectivity index (χ4v) is 4.21. The molecular weight excluding hydrogens is 408 g/mol. The van der Waals surface area contributed by atoms with Crippen LogP contribution in [0.2, 0.25) is 0 Å². The largest absolute Gasteiger partial charge is 0.368 e. The van der Waals surface area contributed by atoms with Gasteiger partial charge in [-0.25, -0.2) is 19.9 Å². The molecule has 3 aromatic heterocycles. The van der Waals surface area contributed by atoms with Crippen LogP contribution >= 0.6 is 11.3 Å². The smallest absolute Gasteiger partial charge is 0.236 e. The molecule has 0 aliphatic heterocycles. The van der Waals surface area contributed by atoms with Gasteiger partial charge in [0.15, 0.2) is 0 Å². The van der Waals surface area contributed by atoms with Crippen LogP contribution in [0.3, 0.4) is 0 Å². The van der Waals surface area contributed by atoms with Crippen molar-refractivity contribution in [2.75, 3.05) is 11.1 Å². The van der Waals surface area contributed by atoms with Crippen molar-refractivity contribution in [2.45, 2.75) is 25.2 Å². The third kappa shape index (κ3) is 3.77. The van der Waals surface area contributed by atoms with Crippen molar-refractivity contribution in [3.63, 3.8) is 0 Å². The second-order valence-corrected chi connectivity index (χ2v) is 8.69. The van der Waals surface area contributed by atoms with E-state index in [1.165, 1.54) is 0 Å². The highest BCUT2D eigenvalue weighted by Gasteiger charge is 2.51. The fourth-order valence-electron chi connectivity index (χ4n) is 3.59. The molecule has 1 saturated carbocycles. The number of hydrogen-bond acceptors (Lipinski definition) is 7. The third-order valence-corrected chi connectivity index (χ3v) is 6.32. The number of hydrogen-bond donors (Lipinski definition) is 2. The average molecular weight is 429 g/mol. The summed E-state index contributed by atoms with van der Waals surface area (Å²) in [5.41, 5.74) is 9.76. The second-order valence-electron chi connectivity index (χ2n) is 7.63. The molecule has 5 rings (SSSR count). The number of nitrogens with zero attached hydrogens (tertiary/aromatic N) is 4. The Bertz CT molecular complexity index is 1230. The highest BCUT2D eigenvalue weighted by molar-refractivity contribution is 7.09. The molecule has 3 N–H and O–H groups in total. The molecule has 1 aliphatic rings. The minimum absolute atomic E-state index is 0.0270. The van der Waals surface area contributed by atoms with Crippen LogP contribution in [-0.2, 0) is 10.2 Å². The van der Waals surface area contributed by atoms with Gasteiger partial charge in [0.05, 0.1) is 16.1 Å². The number of anilines is 2. The van der Waals surface area contributed by atoms with E-state index in [0.717, 1.165) is 45.8 Å². The average Bonchev–Trinajstić information content (AvgIpc) is 3.50. The van der Waals surface area contributed by atoms with Crippen LogP contribution in [0.25, 0.3) is 22.4 Å². The monoisotopic (exact) mass is 428 g/mol. The molecular formula is C23H20N6OS. The number of nitrogen functional groups attached to an aromatic ring is 1. The Morgan fingerprint density at radius 2 is 1.65 bits per heavy atom. The summed E-state index contributed by atoms with van der Waals surface area (Å²) in [7, 11) is 0. The summed E-state index contributed by atoms with van der Waals surface area (Å²) in [6.45, 7) is 1.97. The molecule has 0 bridgehead atoms. The molecule has 31 heavy (non-hydrogen) atoms. The first-order valence-electron chi connectivity index (χ1n) is 9.92. The van der Waals surface area contributed by atoms with E-state index in [2.05, 4.69) is 25.3 Å². The van der Waals surface area contributed by atoms with Crippen molar-refractivity contribution in [2.24, 2.45) is 0 Å². The van der Waals surface area contributed by atoms with Gasteiger partial charge >= 0.3 is 0 Å². The van der Waals surface area contributed by atoms with E-state index in [0.29, 0.717) is 5.82 Å². The van der Waals surface area contributed by atoms with Gasteiger partial charge in [0.25, 0.3) is 0 Å². The highest BCUT2D eigenvalue weighted by atomic mass is 32.1. The van der Waals surface area contributed by atoms with Crippen molar-refractivity contribution < 1.29 is 4.79 Å². The molecule has 1 amide bonds. The SMILES string of the molecule is Cc1nc(-c2ccc(NC(=O)C3(c4ccc(-c5cnc(N)nc5)cc4)CC3)nc2)cs1. The minimum atomic E-state index is -0.497. The van der Waals surface area contributed by atoms with Crippen LogP contribution in [-0.4, -0.2) is 25.8 Å². The summed E-state index contributed by atoms with van der Waals surface area (Å²) in [6, 6.07) is 11.7. The first-order chi connectivity index (χ1) is 15.0. The molecule has 0 spiro atoms. The van der Waals surface area contributed by atoms with Crippen LogP contribution in [0.1, 0.15) is 23.4 Å². The van der Waals surface area contributed by atoms with Crippen LogP contribution < -0.4 is 11.1 Å². The van der Waals surface area contributed by atoms with Gasteiger partial charge in [-0.15, -0.1) is 11.3 Å². The molecule has 0 radical (unpaired) electrons. The first kappa shape index (κ1) is 19.3. The fraction of sp³-hybridized carbons (Fsp3) is 0.174. The van der Waals surface area contributed by atoms with Crippen molar-refractivity contribution in [1.82, 2.24) is 19.9 Å². The van der Waals surface area contributed by atoms with Crippen molar-refractivity contribution in [1.29, 1.82) is 0 Å². The number of thiazole rings is 1. The van der Waals surface area contributed by atoms with E-state index in [9.17, 15) is 4.79 Å². The lowest BCUT2D eigenvalue weighted by molar-refractivity contribution is -0.118. The van der Waals surface area contributed by atoms with Crippen molar-refractivity contribution in [3.8, 4) is 22.4 Å². The van der Waals surface area contributed by atoms with E-state index in [1.54, 1.807) is 29.9 Å². The summed E-state index contributed by atoms with van der Waals surface area (Å²) in [5.74, 6) is 0.765. The Balaban J connectivity index is 1.30. The number of nitrogens with one attached hydrogen (secondary N) is 1. The van der Waals surface area contributed by atoms with Crippen LogP contribution in [0, 0.1) is 6.92 Å². The summed E-state index contributed by atoms with van der Waals surface area (Å²) in [4.78, 5) is 30.0. The summed E-state index contributed by atoms with van der Waals surface area (Å²) < 4.78 is 0. The number of amides is 1. The Morgan fingerprint density at radius 1 is 0.968 bits per heavy atom. The normalized spacial score (nSPS) is 14.2. The molecule has 0 unspecified atom stereocenters. The number of benzene rings is 1. The molecule has 3 heterocycles. The quantitative estimate of drug-likeness (QED) is 0.493. The topological polar surface area (TPSA) is 107 Å². The minimum Gasteiger partial charge on any atom is -0.368 e. The number of aryl methyl sites for hydroxylation is 1. The number of carbonyl (C=O) groups excluding carboxylic acids is 1. The maximum Gasteiger partial charge on any atom is 0.236 e. The van der Waals surface area contributed by atoms with E-state index >= 15 is 0 Å². The van der Waals surface area contributed by atoms with Gasteiger partial charge < -0.3 is 11.1 Å². The molecule has 1 aromatic carbocycles. The van der Waals surface area contributed by atoms with Crippen LogP contribution in [0.5, 0.6) is 0 Å². The van der Waals surface area contributed by atoms with Gasteiger partial charge in [0, 0.05) is 35.1 Å². The first-order valence-corrected chi connectivity index (χ1v) is 10.8. The summed E-state index contributed by atoms with van der Waals surface area (Å²) >= 11 is 1.60. The van der Waals surface area contributed by atoms with E-state index < -0.39 is 5.41 Å². The van der Waals surface area contributed by atoms with Gasteiger partial charge in [0.1, 0.15) is 5.82 Å². The Kier molecular flexibility index (Phi) is 4.71. The predicted octanol–water partition coefficient (Wildman–Crippen LogP) is 4.22. The number of rotatable bonds is 5. The van der Waals surface area contributed by atoms with E-state index in [4.69, 9.17) is 5.73 Å². The molecule has 4 aromatic rings. The lowest BCUT2D eigenvalue weighted by Gasteiger charge is -2.16. The number of carbonyl (C=O) groups is 1. The summed E-state index contributed by atoms with van der Waals surface area (Å²) in [6.07, 6.45) is 6.77. The lowest BCUT2D eigenvalue weighted by Crippen LogP contribution is -2.28. The Morgan fingerprint density at radius 3 is 2.23 bits per heavy atom. The van der Waals surface area contributed by atoms with Gasteiger partial charge in [-0.2, -0.15) is 0 Å². The van der Waals surface area contributed by atoms with Crippen LogP contribution in [0.15, 0.2) is 60.4 Å². The number of nitrogens with two attached hydrogens (primary N) is 1. The number of pyridine rings is 1. The molecule has 0 atom stereocenters. The van der Waals surface area contributed by atoms with Gasteiger partial charge in [-0.1, -0.05) is 24.3 Å². The zero-order valence-corrected chi connectivity index (χ0v) is 17.7. The molecule has 1 aliphatic carbocycles. The maximum absolute atomic E-state index is 13.1. The van der Waals surface area contributed by atoms with Gasteiger partial charge in [-0.3, -0.25) is 4.79 Å². The third-order valence-electron chi connectivity index (χ3n) is 5.55. The van der Waals surface area contributed by atoms with Gasteiger partial charge in [-0.05, 0) is 43.0 Å². The lowest BCUT2D eigenvalue weighted by atomic mass is 9.93. The van der Waals surface area contributed by atoms with E-state index in [-0.39, 0.29) is 11.9 Å². The standard InChI is InChI=1S/C23H20N6OS/c1-14-28-19(13-31-14)16-4-7-20(25-10-16)29-21(30)23(8-9-23)18-5-2-15(3-6-18)17-11-26-22(24)27-12-17/h2-7,10-13H,8-9H2,1H3,(H2,24,26,27)(H,25,29,30). The molecule has 7 nitrogen and oxygen atoms in total. The van der Waals surface area contributed by atoms with Crippen LogP contribution in [0.4, 0.5) is 11.8 Å². The molecule has 1 fully saturated rings. The highest BCUT2D eigenvalue weighted by Crippen LogP contribution is 2.49. The van der Waals surface area contributed by atoms with E-state index in [1.807, 2.05) is 48.7 Å². The van der Waals surface area contributed by atoms with Crippen molar-refractivity contribution in [3.05, 3.63) is 70.9 Å². The second kappa shape index (κ2) is 7.55. The maximum atomic E-state index is 13.1. The molecule has 8 heteroatoms. The Hall–Kier alpha value is -3.65. The summed E-state index contributed by atoms with van der Waals surface area (Å²) in [5, 5.41) is 5.99. The zero-order chi connectivity index (χ0) is 21.4. The Labute approximate surface area is 183 Å². The zero-order valence-electron chi connectivity index (χ0n) is 16.9. The predicted molar refractivity (Wildman–Crippen MR) is 122 cm³/mol. The molecule has 154 valence electrons.